The number of nitrogens with one attached hydrogen (secondary N) is 1. The Morgan fingerprint density at radius 3 is 2.25 bits per heavy atom. The zero-order valence-corrected chi connectivity index (χ0v) is 11.3. The van der Waals surface area contributed by atoms with Gasteiger partial charge in [0.25, 0.3) is 5.91 Å². The van der Waals surface area contributed by atoms with Gasteiger partial charge in [0.1, 0.15) is 0 Å². The molecule has 0 aliphatic carbocycles. The number of hydrogen-bond acceptors (Lipinski definition) is 2. The molecule has 1 amide bonds. The van der Waals surface area contributed by atoms with Crippen molar-refractivity contribution in [3.05, 3.63) is 59.2 Å². The highest BCUT2D eigenvalue weighted by Crippen LogP contribution is 2.25. The van der Waals surface area contributed by atoms with E-state index in [0.29, 0.717) is 11.1 Å². The molecular formula is C16H15NO3. The molecule has 0 aliphatic heterocycles. The molecule has 0 aromatic heterocycles. The number of carboxylic acids is 1. The van der Waals surface area contributed by atoms with E-state index in [9.17, 15) is 14.7 Å². The number of rotatable bonds is 3. The third-order valence-corrected chi connectivity index (χ3v) is 3.09. The van der Waals surface area contributed by atoms with Crippen LogP contribution in [-0.2, 0) is 0 Å². The average molecular weight is 269 g/mol. The minimum atomic E-state index is -0.963. The Kier molecular flexibility index (Phi) is 3.84. The van der Waals surface area contributed by atoms with E-state index < -0.39 is 5.97 Å². The summed E-state index contributed by atoms with van der Waals surface area (Å²) in [7, 11) is 1.57. The van der Waals surface area contributed by atoms with Crippen LogP contribution in [0.2, 0.25) is 0 Å². The van der Waals surface area contributed by atoms with Crippen molar-refractivity contribution in [2.24, 2.45) is 0 Å². The van der Waals surface area contributed by atoms with E-state index in [1.165, 1.54) is 0 Å². The molecular weight excluding hydrogens is 254 g/mol. The maximum atomic E-state index is 11.5. The molecule has 2 aromatic carbocycles. The number of hydrogen-bond donors (Lipinski definition) is 2. The van der Waals surface area contributed by atoms with Crippen molar-refractivity contribution in [1.82, 2.24) is 5.32 Å². The van der Waals surface area contributed by atoms with Crippen molar-refractivity contribution in [2.75, 3.05) is 7.05 Å². The first-order chi connectivity index (χ1) is 9.52. The van der Waals surface area contributed by atoms with Gasteiger partial charge in [0.05, 0.1) is 5.56 Å². The van der Waals surface area contributed by atoms with Gasteiger partial charge in [-0.15, -0.1) is 0 Å². The second-order valence-corrected chi connectivity index (χ2v) is 4.51. The number of benzene rings is 2. The first-order valence-electron chi connectivity index (χ1n) is 6.19. The van der Waals surface area contributed by atoms with Gasteiger partial charge in [0, 0.05) is 12.6 Å². The van der Waals surface area contributed by atoms with E-state index in [2.05, 4.69) is 5.32 Å². The topological polar surface area (TPSA) is 66.4 Å². The van der Waals surface area contributed by atoms with Crippen LogP contribution in [0.1, 0.15) is 26.3 Å². The van der Waals surface area contributed by atoms with E-state index in [0.717, 1.165) is 11.1 Å². The Morgan fingerprint density at radius 1 is 1.05 bits per heavy atom. The van der Waals surface area contributed by atoms with Crippen LogP contribution in [0.5, 0.6) is 0 Å². The zero-order chi connectivity index (χ0) is 14.7. The monoisotopic (exact) mass is 269 g/mol. The molecule has 0 radical (unpaired) electrons. The highest BCUT2D eigenvalue weighted by atomic mass is 16.4. The molecule has 0 bridgehead atoms. The standard InChI is InChI=1S/C16H15NO3/c1-10-3-8-13(16(19)20)14(9-10)11-4-6-12(7-5-11)15(18)17-2/h3-9H,1-2H3,(H,17,18)(H,19,20). The van der Waals surface area contributed by atoms with Crippen LogP contribution in [0.3, 0.4) is 0 Å². The average Bonchev–Trinajstić information content (AvgIpc) is 2.46. The highest BCUT2D eigenvalue weighted by molar-refractivity contribution is 5.97. The number of aryl methyl sites for hydroxylation is 1. The van der Waals surface area contributed by atoms with Crippen LogP contribution in [0.4, 0.5) is 0 Å². The lowest BCUT2D eigenvalue weighted by Gasteiger charge is -2.08. The van der Waals surface area contributed by atoms with E-state index in [1.807, 2.05) is 13.0 Å². The fourth-order valence-electron chi connectivity index (χ4n) is 2.03. The predicted octanol–water partition coefficient (Wildman–Crippen LogP) is 2.72. The largest absolute Gasteiger partial charge is 0.478 e. The molecule has 0 saturated carbocycles. The van der Waals surface area contributed by atoms with Gasteiger partial charge in [-0.3, -0.25) is 4.79 Å². The van der Waals surface area contributed by atoms with Gasteiger partial charge >= 0.3 is 5.97 Å². The first-order valence-corrected chi connectivity index (χ1v) is 6.19. The lowest BCUT2D eigenvalue weighted by atomic mass is 9.97. The Labute approximate surface area is 117 Å². The summed E-state index contributed by atoms with van der Waals surface area (Å²) < 4.78 is 0. The third kappa shape index (κ3) is 2.69. The molecule has 0 fully saturated rings. The van der Waals surface area contributed by atoms with E-state index in [1.54, 1.807) is 43.4 Å². The molecule has 0 saturated heterocycles. The molecule has 2 N–H and O–H groups in total. The van der Waals surface area contributed by atoms with Crippen LogP contribution >= 0.6 is 0 Å². The van der Waals surface area contributed by atoms with E-state index in [-0.39, 0.29) is 11.5 Å². The van der Waals surface area contributed by atoms with Gasteiger partial charge in [0.15, 0.2) is 0 Å². The van der Waals surface area contributed by atoms with Crippen LogP contribution in [0.15, 0.2) is 42.5 Å². The molecule has 0 atom stereocenters. The summed E-state index contributed by atoms with van der Waals surface area (Å²) in [4.78, 5) is 22.7. The summed E-state index contributed by atoms with van der Waals surface area (Å²) in [5.74, 6) is -1.13. The van der Waals surface area contributed by atoms with Crippen molar-refractivity contribution in [1.29, 1.82) is 0 Å². The lowest BCUT2D eigenvalue weighted by Crippen LogP contribution is -2.17. The van der Waals surface area contributed by atoms with Crippen LogP contribution in [-0.4, -0.2) is 24.0 Å². The third-order valence-electron chi connectivity index (χ3n) is 3.09. The fraction of sp³-hybridized carbons (Fsp3) is 0.125. The molecule has 0 spiro atoms. The van der Waals surface area contributed by atoms with Gasteiger partial charge in [-0.1, -0.05) is 29.8 Å². The highest BCUT2D eigenvalue weighted by Gasteiger charge is 2.12. The Balaban J connectivity index is 2.48. The van der Waals surface area contributed by atoms with Crippen molar-refractivity contribution >= 4 is 11.9 Å². The van der Waals surface area contributed by atoms with E-state index >= 15 is 0 Å². The number of carbonyl (C=O) groups is 2. The maximum absolute atomic E-state index is 11.5. The van der Waals surface area contributed by atoms with Crippen LogP contribution in [0.25, 0.3) is 11.1 Å². The summed E-state index contributed by atoms with van der Waals surface area (Å²) in [6.07, 6.45) is 0. The maximum Gasteiger partial charge on any atom is 0.336 e. The zero-order valence-electron chi connectivity index (χ0n) is 11.3. The lowest BCUT2D eigenvalue weighted by molar-refractivity contribution is 0.0697. The van der Waals surface area contributed by atoms with E-state index in [4.69, 9.17) is 0 Å². The summed E-state index contributed by atoms with van der Waals surface area (Å²) in [6, 6.07) is 12.1. The van der Waals surface area contributed by atoms with Gasteiger partial charge in [-0.25, -0.2) is 4.79 Å². The molecule has 102 valence electrons. The molecule has 4 nitrogen and oxygen atoms in total. The summed E-state index contributed by atoms with van der Waals surface area (Å²) in [5.41, 5.74) is 3.21. The molecule has 0 heterocycles. The second kappa shape index (κ2) is 5.57. The van der Waals surface area contributed by atoms with Gasteiger partial charge in [-0.2, -0.15) is 0 Å². The minimum Gasteiger partial charge on any atom is -0.478 e. The number of carboxylic acid groups (broad SMARTS) is 1. The molecule has 2 aromatic rings. The number of aromatic carboxylic acids is 1. The van der Waals surface area contributed by atoms with Gasteiger partial charge in [0.2, 0.25) is 0 Å². The summed E-state index contributed by atoms with van der Waals surface area (Å²) in [5, 5.41) is 11.8. The smallest absolute Gasteiger partial charge is 0.336 e. The van der Waals surface area contributed by atoms with Crippen molar-refractivity contribution < 1.29 is 14.7 Å². The minimum absolute atomic E-state index is 0.167. The molecule has 2 rings (SSSR count). The quantitative estimate of drug-likeness (QED) is 0.900. The summed E-state index contributed by atoms with van der Waals surface area (Å²) >= 11 is 0. The van der Waals surface area contributed by atoms with Gasteiger partial charge < -0.3 is 10.4 Å². The molecule has 4 heteroatoms. The second-order valence-electron chi connectivity index (χ2n) is 4.51. The van der Waals surface area contributed by atoms with Crippen LogP contribution < -0.4 is 5.32 Å². The SMILES string of the molecule is CNC(=O)c1ccc(-c2cc(C)ccc2C(=O)O)cc1. The van der Waals surface area contributed by atoms with Gasteiger partial charge in [-0.05, 0) is 36.2 Å². The molecule has 20 heavy (non-hydrogen) atoms. The van der Waals surface area contributed by atoms with Crippen molar-refractivity contribution in [3.8, 4) is 11.1 Å². The number of carbonyl (C=O) groups excluding carboxylic acids is 1. The Morgan fingerprint density at radius 2 is 1.70 bits per heavy atom. The number of amides is 1. The van der Waals surface area contributed by atoms with Crippen molar-refractivity contribution in [3.63, 3.8) is 0 Å². The first kappa shape index (κ1) is 13.8. The molecule has 0 aliphatic rings. The molecule has 0 unspecified atom stereocenters. The van der Waals surface area contributed by atoms with Crippen molar-refractivity contribution in [2.45, 2.75) is 6.92 Å². The fourth-order valence-corrected chi connectivity index (χ4v) is 2.03. The Hall–Kier alpha value is -2.62. The van der Waals surface area contributed by atoms with Crippen LogP contribution in [0, 0.1) is 6.92 Å². The Bertz CT molecular complexity index is 660. The normalized spacial score (nSPS) is 10.1. The predicted molar refractivity (Wildman–Crippen MR) is 77.0 cm³/mol. The summed E-state index contributed by atoms with van der Waals surface area (Å²) in [6.45, 7) is 1.91.